The van der Waals surface area contributed by atoms with Crippen molar-refractivity contribution in [3.8, 4) is 0 Å². The quantitative estimate of drug-likeness (QED) is 0.308. The number of fused-ring (bicyclic) bond motifs is 2. The summed E-state index contributed by atoms with van der Waals surface area (Å²) in [4.78, 5) is 74.5. The molecule has 11 nitrogen and oxygen atoms in total. The lowest BCUT2D eigenvalue weighted by atomic mass is 9.87. The first-order valence-corrected chi connectivity index (χ1v) is 16.4. The van der Waals surface area contributed by atoms with Gasteiger partial charge in [0.15, 0.2) is 11.6 Å². The molecule has 1 aromatic carbocycles. The summed E-state index contributed by atoms with van der Waals surface area (Å²) in [6.45, 7) is 3.83. The first-order valence-electron chi connectivity index (χ1n) is 16.4. The predicted octanol–water partition coefficient (Wildman–Crippen LogP) is 2.74. The van der Waals surface area contributed by atoms with E-state index in [1.807, 2.05) is 38.1 Å². The van der Waals surface area contributed by atoms with Crippen LogP contribution in [-0.2, 0) is 30.4 Å². The molecule has 246 valence electrons. The summed E-state index contributed by atoms with van der Waals surface area (Å²) in [5.41, 5.74) is 1.62. The number of nitrogens with one attached hydrogen (secondary N) is 2. The number of hydrogen-bond acceptors (Lipinski definition) is 7. The van der Waals surface area contributed by atoms with Gasteiger partial charge in [-0.25, -0.2) is 0 Å². The van der Waals surface area contributed by atoms with Gasteiger partial charge in [0.25, 0.3) is 0 Å². The molecule has 1 unspecified atom stereocenters. The third kappa shape index (κ3) is 8.31. The number of piperidine rings is 1. The van der Waals surface area contributed by atoms with Crippen LogP contribution in [0.5, 0.6) is 0 Å². The van der Waals surface area contributed by atoms with Gasteiger partial charge < -0.3 is 25.5 Å². The van der Waals surface area contributed by atoms with Gasteiger partial charge in [0.1, 0.15) is 25.8 Å². The third-order valence-electron chi connectivity index (χ3n) is 9.45. The highest BCUT2D eigenvalue weighted by atomic mass is 16.6. The molecule has 2 saturated heterocycles. The van der Waals surface area contributed by atoms with Crippen molar-refractivity contribution >= 4 is 40.2 Å². The first-order chi connectivity index (χ1) is 21.7. The van der Waals surface area contributed by atoms with Gasteiger partial charge in [-0.3, -0.25) is 24.0 Å². The van der Waals surface area contributed by atoms with E-state index in [-0.39, 0.29) is 48.6 Å². The van der Waals surface area contributed by atoms with E-state index in [2.05, 4.69) is 10.6 Å². The Morgan fingerprint density at radius 2 is 1.84 bits per heavy atom. The van der Waals surface area contributed by atoms with E-state index >= 15 is 0 Å². The number of aliphatic hydroxyl groups is 1. The number of unbranched alkanes of at least 4 members (excludes halogenated alkanes) is 2. The molecular weight excluding hydrogens is 576 g/mol. The van der Waals surface area contributed by atoms with E-state index < -0.39 is 36.6 Å². The number of hydrogen-bond donors (Lipinski definition) is 3. The monoisotopic (exact) mass is 624 g/mol. The second kappa shape index (κ2) is 16.0. The van der Waals surface area contributed by atoms with Crippen LogP contribution in [-0.4, -0.2) is 82.4 Å². The smallest absolute Gasteiger partial charge is 0.246 e. The van der Waals surface area contributed by atoms with E-state index in [0.717, 1.165) is 29.3 Å². The van der Waals surface area contributed by atoms with Crippen LogP contribution < -0.4 is 15.5 Å². The lowest BCUT2D eigenvalue weighted by Crippen LogP contribution is -2.61. The van der Waals surface area contributed by atoms with Crippen molar-refractivity contribution in [1.29, 1.82) is 0 Å². The average Bonchev–Trinajstić information content (AvgIpc) is 3.41. The van der Waals surface area contributed by atoms with Crippen molar-refractivity contribution in [3.05, 3.63) is 36.0 Å². The van der Waals surface area contributed by atoms with Crippen LogP contribution in [0.15, 0.2) is 30.5 Å². The van der Waals surface area contributed by atoms with Gasteiger partial charge in [-0.05, 0) is 49.7 Å². The lowest BCUT2D eigenvalue weighted by molar-refractivity contribution is -0.147. The zero-order chi connectivity index (χ0) is 32.5. The fraction of sp³-hybridized carbons (Fsp3) is 0.618. The Kier molecular flexibility index (Phi) is 12.2. The molecule has 0 spiro atoms. The summed E-state index contributed by atoms with van der Waals surface area (Å²) in [5.74, 6) is -2.30. The number of carbonyl (C=O) groups is 5. The summed E-state index contributed by atoms with van der Waals surface area (Å²) in [6, 6.07) is 5.18. The van der Waals surface area contributed by atoms with E-state index in [0.29, 0.717) is 45.1 Å². The Labute approximate surface area is 265 Å². The Hall–Kier alpha value is -3.73. The Bertz CT molecular complexity index is 1370. The second-order valence-corrected chi connectivity index (χ2v) is 12.5. The van der Waals surface area contributed by atoms with Crippen molar-refractivity contribution in [1.82, 2.24) is 20.3 Å². The molecule has 2 aromatic rings. The van der Waals surface area contributed by atoms with Crippen molar-refractivity contribution in [3.63, 3.8) is 0 Å². The number of ketones is 2. The van der Waals surface area contributed by atoms with E-state index in [9.17, 15) is 24.0 Å². The van der Waals surface area contributed by atoms with Gasteiger partial charge in [-0.2, -0.15) is 4.73 Å². The van der Waals surface area contributed by atoms with E-state index in [1.54, 1.807) is 22.9 Å². The fourth-order valence-electron chi connectivity index (χ4n) is 6.57. The Balaban J connectivity index is 1.66. The van der Waals surface area contributed by atoms with Crippen LogP contribution in [0, 0.1) is 11.8 Å². The van der Waals surface area contributed by atoms with Gasteiger partial charge in [0, 0.05) is 43.3 Å². The van der Waals surface area contributed by atoms with Gasteiger partial charge in [0.05, 0.1) is 11.6 Å². The molecular formula is C34H48N4O7. The summed E-state index contributed by atoms with van der Waals surface area (Å²) in [7, 11) is 1.55. The van der Waals surface area contributed by atoms with Crippen LogP contribution in [0.25, 0.3) is 10.9 Å². The largest absolute Gasteiger partial charge is 0.417 e. The van der Waals surface area contributed by atoms with Crippen LogP contribution >= 0.6 is 0 Å². The first kappa shape index (κ1) is 34.1. The highest BCUT2D eigenvalue weighted by Gasteiger charge is 2.40. The molecule has 0 saturated carbocycles. The molecule has 3 N–H and O–H groups in total. The highest BCUT2D eigenvalue weighted by molar-refractivity contribution is 5.98. The van der Waals surface area contributed by atoms with Gasteiger partial charge in [-0.1, -0.05) is 51.3 Å². The number of carbonyl (C=O) groups excluding carboxylic acids is 5. The maximum atomic E-state index is 14.0. The van der Waals surface area contributed by atoms with Crippen molar-refractivity contribution in [2.45, 2.75) is 103 Å². The van der Waals surface area contributed by atoms with E-state index in [1.165, 1.54) is 0 Å². The number of para-hydroxylation sites is 1. The molecule has 2 aliphatic heterocycles. The highest BCUT2D eigenvalue weighted by Crippen LogP contribution is 2.27. The summed E-state index contributed by atoms with van der Waals surface area (Å²) >= 11 is 0. The molecule has 11 heteroatoms. The van der Waals surface area contributed by atoms with Crippen molar-refractivity contribution in [2.24, 2.45) is 11.8 Å². The number of rotatable bonds is 12. The molecule has 5 atom stereocenters. The molecule has 2 aliphatic rings. The summed E-state index contributed by atoms with van der Waals surface area (Å²) in [6.07, 6.45) is 7.21. The number of Topliss-reactive ketones (excluding diaryl/α,β-unsaturated/α-hetero) is 2. The Morgan fingerprint density at radius 3 is 2.58 bits per heavy atom. The van der Waals surface area contributed by atoms with Gasteiger partial charge in [0.2, 0.25) is 17.7 Å². The molecule has 0 bridgehead atoms. The molecule has 45 heavy (non-hydrogen) atoms. The topological polar surface area (TPSA) is 147 Å². The molecule has 1 aromatic heterocycles. The van der Waals surface area contributed by atoms with Gasteiger partial charge >= 0.3 is 0 Å². The standard InChI is InChI=1S/C34H48N4O7/c1-4-22(2)31-34(44)37-17-11-10-16-29(37)30(41)19-23(12-6-5-7-13-25(40)21-39)32(42)35-27(33(43)36-31)18-24-20-38(45-3)28-15-9-8-14-26(24)28/h8-9,14-15,20,22-23,27,29,31,39H,4-7,10-13,16-19,21H2,1-3H3,(H,35,42)(H,36,43)/t22?,23-,27+,29-,31+/m1/s1. The minimum absolute atomic E-state index is 0.0266. The number of amides is 3. The summed E-state index contributed by atoms with van der Waals surface area (Å²) in [5, 5.41) is 15.8. The van der Waals surface area contributed by atoms with E-state index in [4.69, 9.17) is 9.94 Å². The van der Waals surface area contributed by atoms with Crippen molar-refractivity contribution in [2.75, 3.05) is 20.3 Å². The molecule has 0 aliphatic carbocycles. The van der Waals surface area contributed by atoms with Crippen LogP contribution in [0.3, 0.4) is 0 Å². The zero-order valence-corrected chi connectivity index (χ0v) is 26.8. The second-order valence-electron chi connectivity index (χ2n) is 12.5. The number of benzene rings is 1. The van der Waals surface area contributed by atoms with Crippen LogP contribution in [0.2, 0.25) is 0 Å². The SMILES string of the molecule is CCC(C)[C@@H]1NC(=O)[C@H](Cc2cn(OC)c3ccccc23)NC(=O)[C@H](CCCCCC(=O)CO)CC(=O)[C@H]2CCCCN2C1=O. The fourth-order valence-corrected chi connectivity index (χ4v) is 6.57. The normalized spacial score (nSPS) is 23.9. The number of aromatic nitrogens is 1. The summed E-state index contributed by atoms with van der Waals surface area (Å²) < 4.78 is 1.62. The maximum absolute atomic E-state index is 14.0. The molecule has 0 radical (unpaired) electrons. The van der Waals surface area contributed by atoms with Crippen LogP contribution in [0.4, 0.5) is 0 Å². The predicted molar refractivity (Wildman–Crippen MR) is 169 cm³/mol. The van der Waals surface area contributed by atoms with Crippen LogP contribution in [0.1, 0.15) is 83.6 Å². The maximum Gasteiger partial charge on any atom is 0.246 e. The third-order valence-corrected chi connectivity index (χ3v) is 9.45. The zero-order valence-electron chi connectivity index (χ0n) is 26.8. The molecule has 3 heterocycles. The molecule has 3 amide bonds. The minimum Gasteiger partial charge on any atom is -0.417 e. The minimum atomic E-state index is -0.996. The number of nitrogens with zero attached hydrogens (tertiary/aromatic N) is 2. The van der Waals surface area contributed by atoms with Crippen molar-refractivity contribution < 1.29 is 33.9 Å². The number of aliphatic hydroxyl groups excluding tert-OH is 1. The van der Waals surface area contributed by atoms with Gasteiger partial charge in [-0.15, -0.1) is 0 Å². The molecule has 4 rings (SSSR count). The lowest BCUT2D eigenvalue weighted by Gasteiger charge is -2.39. The Morgan fingerprint density at radius 1 is 1.07 bits per heavy atom. The molecule has 2 fully saturated rings. The average molecular weight is 625 g/mol.